The highest BCUT2D eigenvalue weighted by atomic mass is 79.9. The van der Waals surface area contributed by atoms with E-state index >= 15 is 0 Å². The number of hydrogen-bond donors (Lipinski definition) is 0. The summed E-state index contributed by atoms with van der Waals surface area (Å²) in [5.74, 6) is -0.204. The molecule has 0 heterocycles. The molecule has 16 heavy (non-hydrogen) atoms. The first-order valence-electron chi connectivity index (χ1n) is 4.46. The average Bonchev–Trinajstić information content (AvgIpc) is 2.74. The minimum absolute atomic E-state index is 0.0270. The van der Waals surface area contributed by atoms with E-state index in [9.17, 15) is 13.2 Å². The smallest absolute Gasteiger partial charge is 0.166 e. The summed E-state index contributed by atoms with van der Waals surface area (Å²) in [6.07, 6.45) is -3.87. The molecule has 0 amide bonds. The van der Waals surface area contributed by atoms with Crippen molar-refractivity contribution >= 4 is 39.1 Å². The minimum Gasteiger partial charge on any atom is -0.166 e. The van der Waals surface area contributed by atoms with Crippen LogP contribution < -0.4 is 0 Å². The van der Waals surface area contributed by atoms with Crippen LogP contribution in [0, 0.1) is 0 Å². The van der Waals surface area contributed by atoms with Gasteiger partial charge in [0.2, 0.25) is 0 Å². The van der Waals surface area contributed by atoms with Gasteiger partial charge in [0.1, 0.15) is 4.33 Å². The predicted octanol–water partition coefficient (Wildman–Crippen LogP) is 5.13. The third-order valence-corrected chi connectivity index (χ3v) is 4.05. The van der Waals surface area contributed by atoms with Crippen LogP contribution in [-0.4, -0.2) is 4.33 Å². The van der Waals surface area contributed by atoms with Gasteiger partial charge in [-0.05, 0) is 24.1 Å². The van der Waals surface area contributed by atoms with Crippen LogP contribution in [0.15, 0.2) is 22.7 Å². The van der Waals surface area contributed by atoms with E-state index in [4.69, 9.17) is 23.2 Å². The summed E-state index contributed by atoms with van der Waals surface area (Å²) in [6.45, 7) is 0. The van der Waals surface area contributed by atoms with E-state index in [1.165, 1.54) is 6.07 Å². The van der Waals surface area contributed by atoms with Gasteiger partial charge in [0.25, 0.3) is 0 Å². The van der Waals surface area contributed by atoms with Crippen molar-refractivity contribution in [1.29, 1.82) is 0 Å². The van der Waals surface area contributed by atoms with Gasteiger partial charge in [-0.25, -0.2) is 0 Å². The Kier molecular flexibility index (Phi) is 2.96. The molecular formula is C10H6BrCl2F3. The zero-order chi connectivity index (χ0) is 12.1. The maximum Gasteiger partial charge on any atom is 0.417 e. The van der Waals surface area contributed by atoms with Crippen LogP contribution >= 0.6 is 39.1 Å². The summed E-state index contributed by atoms with van der Waals surface area (Å²) in [7, 11) is 0. The molecule has 0 bridgehead atoms. The molecule has 1 aliphatic carbocycles. The van der Waals surface area contributed by atoms with Crippen molar-refractivity contribution in [3.63, 3.8) is 0 Å². The second kappa shape index (κ2) is 3.79. The second-order valence-corrected chi connectivity index (χ2v) is 6.15. The molecule has 1 aromatic rings. The second-order valence-electron chi connectivity index (χ2n) is 3.75. The Balaban J connectivity index is 2.38. The lowest BCUT2D eigenvalue weighted by Gasteiger charge is -2.11. The van der Waals surface area contributed by atoms with Crippen LogP contribution in [0.5, 0.6) is 0 Å². The standard InChI is InChI=1S/C10H6BrCl2F3/c11-8-2-1-5(7-4-9(7,12)13)3-6(8)10(14,15)16/h1-3,7H,4H2. The summed E-state index contributed by atoms with van der Waals surface area (Å²) in [4.78, 5) is 0. The first-order chi connectivity index (χ1) is 7.22. The Bertz CT molecular complexity index is 429. The molecule has 88 valence electrons. The Hall–Kier alpha value is 0.0700. The lowest BCUT2D eigenvalue weighted by Crippen LogP contribution is -2.07. The SMILES string of the molecule is FC(F)(F)c1cc(C2CC2(Cl)Cl)ccc1Br. The fourth-order valence-electron chi connectivity index (χ4n) is 1.55. The van der Waals surface area contributed by atoms with Gasteiger partial charge in [0.05, 0.1) is 5.56 Å². The third kappa shape index (κ3) is 2.34. The van der Waals surface area contributed by atoms with E-state index in [2.05, 4.69) is 15.9 Å². The summed E-state index contributed by atoms with van der Waals surface area (Å²) in [6, 6.07) is 4.08. The van der Waals surface area contributed by atoms with Gasteiger partial charge in [-0.1, -0.05) is 22.0 Å². The maximum absolute atomic E-state index is 12.6. The van der Waals surface area contributed by atoms with Crippen LogP contribution in [-0.2, 0) is 6.18 Å². The number of rotatable bonds is 1. The molecular weight excluding hydrogens is 328 g/mol. The monoisotopic (exact) mass is 332 g/mol. The van der Waals surface area contributed by atoms with E-state index in [1.54, 1.807) is 6.07 Å². The van der Waals surface area contributed by atoms with E-state index in [0.717, 1.165) is 6.07 Å². The van der Waals surface area contributed by atoms with Crippen molar-refractivity contribution in [1.82, 2.24) is 0 Å². The van der Waals surface area contributed by atoms with E-state index < -0.39 is 16.1 Å². The topological polar surface area (TPSA) is 0 Å². The molecule has 1 aliphatic rings. The van der Waals surface area contributed by atoms with Crippen LogP contribution in [0.2, 0.25) is 0 Å². The van der Waals surface area contributed by atoms with E-state index in [0.29, 0.717) is 12.0 Å². The molecule has 6 heteroatoms. The Morgan fingerprint density at radius 3 is 2.31 bits per heavy atom. The number of benzene rings is 1. The lowest BCUT2D eigenvalue weighted by molar-refractivity contribution is -0.138. The van der Waals surface area contributed by atoms with E-state index in [-0.39, 0.29) is 10.4 Å². The molecule has 1 fully saturated rings. The Labute approximate surface area is 109 Å². The highest BCUT2D eigenvalue weighted by Gasteiger charge is 2.52. The van der Waals surface area contributed by atoms with Gasteiger partial charge in [-0.2, -0.15) is 13.2 Å². The average molecular weight is 334 g/mol. The molecule has 0 N–H and O–H groups in total. The van der Waals surface area contributed by atoms with Gasteiger partial charge in [0, 0.05) is 10.4 Å². The van der Waals surface area contributed by atoms with Crippen molar-refractivity contribution in [3.05, 3.63) is 33.8 Å². The minimum atomic E-state index is -4.37. The Morgan fingerprint density at radius 2 is 1.88 bits per heavy atom. The lowest BCUT2D eigenvalue weighted by atomic mass is 10.1. The van der Waals surface area contributed by atoms with Crippen LogP contribution in [0.4, 0.5) is 13.2 Å². The molecule has 0 saturated heterocycles. The number of hydrogen-bond acceptors (Lipinski definition) is 0. The molecule has 0 radical (unpaired) electrons. The molecule has 1 atom stereocenters. The van der Waals surface area contributed by atoms with Crippen LogP contribution in [0.25, 0.3) is 0 Å². The summed E-state index contributed by atoms with van der Waals surface area (Å²) < 4.78 is 36.9. The summed E-state index contributed by atoms with van der Waals surface area (Å²) in [5, 5.41) is 0. The van der Waals surface area contributed by atoms with Crippen molar-refractivity contribution in [3.8, 4) is 0 Å². The quantitative estimate of drug-likeness (QED) is 0.625. The highest BCUT2D eigenvalue weighted by Crippen LogP contribution is 2.59. The summed E-state index contributed by atoms with van der Waals surface area (Å²) in [5.41, 5.74) is -0.165. The summed E-state index contributed by atoms with van der Waals surface area (Å²) >= 11 is 14.5. The molecule has 0 aromatic heterocycles. The van der Waals surface area contributed by atoms with Gasteiger partial charge < -0.3 is 0 Å². The van der Waals surface area contributed by atoms with Gasteiger partial charge >= 0.3 is 6.18 Å². The maximum atomic E-state index is 12.6. The normalized spacial score (nSPS) is 23.2. The molecule has 1 saturated carbocycles. The van der Waals surface area contributed by atoms with Crippen molar-refractivity contribution in [2.45, 2.75) is 22.8 Å². The van der Waals surface area contributed by atoms with Gasteiger partial charge in [-0.3, -0.25) is 0 Å². The van der Waals surface area contributed by atoms with Crippen molar-refractivity contribution in [2.24, 2.45) is 0 Å². The van der Waals surface area contributed by atoms with E-state index in [1.807, 2.05) is 0 Å². The number of halogens is 6. The molecule has 0 nitrogen and oxygen atoms in total. The van der Waals surface area contributed by atoms with Crippen molar-refractivity contribution < 1.29 is 13.2 Å². The van der Waals surface area contributed by atoms with Crippen LogP contribution in [0.1, 0.15) is 23.5 Å². The zero-order valence-electron chi connectivity index (χ0n) is 7.78. The molecule has 1 aromatic carbocycles. The first-order valence-corrected chi connectivity index (χ1v) is 6.01. The van der Waals surface area contributed by atoms with Crippen LogP contribution in [0.3, 0.4) is 0 Å². The highest BCUT2D eigenvalue weighted by molar-refractivity contribution is 9.10. The van der Waals surface area contributed by atoms with Crippen molar-refractivity contribution in [2.75, 3.05) is 0 Å². The molecule has 2 rings (SSSR count). The Morgan fingerprint density at radius 1 is 1.31 bits per heavy atom. The first kappa shape index (κ1) is 12.5. The zero-order valence-corrected chi connectivity index (χ0v) is 10.9. The van der Waals surface area contributed by atoms with Gasteiger partial charge in [-0.15, -0.1) is 23.2 Å². The molecule has 0 aliphatic heterocycles. The predicted molar refractivity (Wildman–Crippen MR) is 60.9 cm³/mol. The molecule has 1 unspecified atom stereocenters. The fraction of sp³-hybridized carbons (Fsp3) is 0.400. The third-order valence-electron chi connectivity index (χ3n) is 2.52. The molecule has 0 spiro atoms. The number of alkyl halides is 5. The van der Waals surface area contributed by atoms with Gasteiger partial charge in [0.15, 0.2) is 0 Å². The largest absolute Gasteiger partial charge is 0.417 e. The fourth-order valence-corrected chi connectivity index (χ4v) is 2.58.